The van der Waals surface area contributed by atoms with Gasteiger partial charge in [-0.2, -0.15) is 0 Å². The summed E-state index contributed by atoms with van der Waals surface area (Å²) >= 11 is 12.2. The molecule has 0 radical (unpaired) electrons. The van der Waals surface area contributed by atoms with E-state index in [1.165, 1.54) is 6.07 Å². The van der Waals surface area contributed by atoms with Gasteiger partial charge in [0.15, 0.2) is 0 Å². The Labute approximate surface area is 190 Å². The summed E-state index contributed by atoms with van der Waals surface area (Å²) in [5.74, 6) is -0.777. The SMILES string of the molecule is CC1(c2ccc(Cl)cc2Cl)NC(=O)N(CC(=O)N2CCN(c3ccccc3)CC2)C1=O. The van der Waals surface area contributed by atoms with Crippen LogP contribution in [-0.2, 0) is 15.1 Å². The fourth-order valence-electron chi connectivity index (χ4n) is 4.01. The van der Waals surface area contributed by atoms with Crippen molar-refractivity contribution in [2.24, 2.45) is 0 Å². The maximum absolute atomic E-state index is 13.1. The highest BCUT2D eigenvalue weighted by Crippen LogP contribution is 2.35. The molecule has 4 amide bonds. The predicted molar refractivity (Wildman–Crippen MR) is 119 cm³/mol. The van der Waals surface area contributed by atoms with E-state index < -0.39 is 17.5 Å². The maximum Gasteiger partial charge on any atom is 0.325 e. The second kappa shape index (κ2) is 8.40. The predicted octanol–water partition coefficient (Wildman–Crippen LogP) is 3.11. The van der Waals surface area contributed by atoms with Gasteiger partial charge in [-0.1, -0.05) is 47.5 Å². The number of carbonyl (C=O) groups is 3. The van der Waals surface area contributed by atoms with Gasteiger partial charge >= 0.3 is 6.03 Å². The molecule has 2 saturated heterocycles. The van der Waals surface area contributed by atoms with Gasteiger partial charge < -0.3 is 15.1 Å². The van der Waals surface area contributed by atoms with Gasteiger partial charge in [0, 0.05) is 47.5 Å². The zero-order valence-corrected chi connectivity index (χ0v) is 18.5. The number of anilines is 1. The van der Waals surface area contributed by atoms with E-state index in [4.69, 9.17) is 23.2 Å². The van der Waals surface area contributed by atoms with E-state index in [0.29, 0.717) is 36.8 Å². The van der Waals surface area contributed by atoms with Crippen LogP contribution in [0.4, 0.5) is 10.5 Å². The molecular formula is C22H22Cl2N4O3. The normalized spacial score (nSPS) is 21.5. The quantitative estimate of drug-likeness (QED) is 0.711. The summed E-state index contributed by atoms with van der Waals surface area (Å²) in [5, 5.41) is 3.37. The molecule has 2 fully saturated rings. The third kappa shape index (κ3) is 4.07. The minimum absolute atomic E-state index is 0.261. The molecule has 9 heteroatoms. The molecule has 0 bridgehead atoms. The summed E-state index contributed by atoms with van der Waals surface area (Å²) in [7, 11) is 0. The Bertz CT molecular complexity index is 1020. The zero-order valence-electron chi connectivity index (χ0n) is 17.0. The molecule has 0 spiro atoms. The van der Waals surface area contributed by atoms with Crippen molar-refractivity contribution in [3.63, 3.8) is 0 Å². The summed E-state index contributed by atoms with van der Waals surface area (Å²) in [5.41, 5.74) is 0.188. The molecule has 0 aliphatic carbocycles. The van der Waals surface area contributed by atoms with E-state index in [2.05, 4.69) is 10.2 Å². The van der Waals surface area contributed by atoms with E-state index in [9.17, 15) is 14.4 Å². The minimum atomic E-state index is -1.36. The molecule has 1 unspecified atom stereocenters. The first kappa shape index (κ1) is 21.5. The Morgan fingerprint density at radius 3 is 2.35 bits per heavy atom. The number of nitrogens with zero attached hydrogens (tertiary/aromatic N) is 3. The van der Waals surface area contributed by atoms with Crippen LogP contribution in [-0.4, -0.2) is 60.4 Å². The van der Waals surface area contributed by atoms with Crippen LogP contribution in [0.3, 0.4) is 0 Å². The topological polar surface area (TPSA) is 73.0 Å². The van der Waals surface area contributed by atoms with Crippen molar-refractivity contribution in [1.29, 1.82) is 0 Å². The third-order valence-corrected chi connectivity index (χ3v) is 6.34. The zero-order chi connectivity index (χ0) is 22.2. The van der Waals surface area contributed by atoms with Gasteiger partial charge in [-0.15, -0.1) is 0 Å². The largest absolute Gasteiger partial charge is 0.368 e. The van der Waals surface area contributed by atoms with Crippen LogP contribution < -0.4 is 10.2 Å². The number of imide groups is 1. The number of hydrogen-bond donors (Lipinski definition) is 1. The molecular weight excluding hydrogens is 439 g/mol. The number of rotatable bonds is 4. The van der Waals surface area contributed by atoms with Crippen molar-refractivity contribution in [3.8, 4) is 0 Å². The standard InChI is InChI=1S/C22H22Cl2N4O3/c1-22(17-8-7-15(23)13-18(17)24)20(30)28(21(31)25-22)14-19(29)27-11-9-26(10-12-27)16-5-3-2-4-6-16/h2-8,13H,9-12,14H2,1H3,(H,25,31). The molecule has 162 valence electrons. The summed E-state index contributed by atoms with van der Waals surface area (Å²) in [4.78, 5) is 43.3. The smallest absolute Gasteiger partial charge is 0.325 e. The highest BCUT2D eigenvalue weighted by Gasteiger charge is 2.50. The average molecular weight is 461 g/mol. The van der Waals surface area contributed by atoms with Gasteiger partial charge in [-0.25, -0.2) is 4.79 Å². The second-order valence-electron chi connectivity index (χ2n) is 7.77. The second-order valence-corrected chi connectivity index (χ2v) is 8.62. The summed E-state index contributed by atoms with van der Waals surface area (Å²) < 4.78 is 0. The molecule has 2 aromatic carbocycles. The van der Waals surface area contributed by atoms with Gasteiger partial charge in [0.1, 0.15) is 12.1 Å². The first-order valence-corrected chi connectivity index (χ1v) is 10.7. The molecule has 2 aliphatic heterocycles. The fourth-order valence-corrected chi connectivity index (χ4v) is 4.60. The first-order chi connectivity index (χ1) is 14.8. The number of nitrogens with one attached hydrogen (secondary N) is 1. The van der Waals surface area contributed by atoms with Gasteiger partial charge in [0.05, 0.1) is 0 Å². The summed E-state index contributed by atoms with van der Waals surface area (Å²) in [6, 6.07) is 14.1. The molecule has 31 heavy (non-hydrogen) atoms. The molecule has 2 aliphatic rings. The fraction of sp³-hybridized carbons (Fsp3) is 0.318. The lowest BCUT2D eigenvalue weighted by Crippen LogP contribution is -2.52. The van der Waals surface area contributed by atoms with E-state index in [1.54, 1.807) is 24.0 Å². The highest BCUT2D eigenvalue weighted by molar-refractivity contribution is 6.35. The van der Waals surface area contributed by atoms with Gasteiger partial charge in [0.25, 0.3) is 5.91 Å². The van der Waals surface area contributed by atoms with E-state index in [-0.39, 0.29) is 17.5 Å². The molecule has 7 nitrogen and oxygen atoms in total. The number of piperazine rings is 1. The van der Waals surface area contributed by atoms with E-state index in [0.717, 1.165) is 10.6 Å². The number of hydrogen-bond acceptors (Lipinski definition) is 4. The summed E-state index contributed by atoms with van der Waals surface area (Å²) in [6.07, 6.45) is 0. The lowest BCUT2D eigenvalue weighted by Gasteiger charge is -2.36. The monoisotopic (exact) mass is 460 g/mol. The highest BCUT2D eigenvalue weighted by atomic mass is 35.5. The van der Waals surface area contributed by atoms with Crippen LogP contribution in [0.15, 0.2) is 48.5 Å². The first-order valence-electron chi connectivity index (χ1n) is 9.97. The number of amides is 4. The van der Waals surface area contributed by atoms with Crippen molar-refractivity contribution in [3.05, 3.63) is 64.1 Å². The van der Waals surface area contributed by atoms with Crippen molar-refractivity contribution in [2.75, 3.05) is 37.6 Å². The Morgan fingerprint density at radius 2 is 1.71 bits per heavy atom. The van der Waals surface area contributed by atoms with Crippen LogP contribution in [0.2, 0.25) is 10.0 Å². The van der Waals surface area contributed by atoms with Crippen LogP contribution in [0.1, 0.15) is 12.5 Å². The Balaban J connectivity index is 1.42. The molecule has 2 aromatic rings. The molecule has 0 saturated carbocycles. The number of halogens is 2. The van der Waals surface area contributed by atoms with E-state index in [1.807, 2.05) is 30.3 Å². The summed E-state index contributed by atoms with van der Waals surface area (Å²) in [6.45, 7) is 3.69. The van der Waals surface area contributed by atoms with Crippen LogP contribution in [0, 0.1) is 0 Å². The van der Waals surface area contributed by atoms with Gasteiger partial charge in [-0.05, 0) is 31.2 Å². The minimum Gasteiger partial charge on any atom is -0.368 e. The number of para-hydroxylation sites is 1. The Kier molecular flexibility index (Phi) is 5.81. The maximum atomic E-state index is 13.1. The lowest BCUT2D eigenvalue weighted by molar-refractivity contribution is -0.139. The molecule has 0 aromatic heterocycles. The van der Waals surface area contributed by atoms with Crippen LogP contribution in [0.5, 0.6) is 0 Å². The molecule has 1 N–H and O–H groups in total. The molecule has 1 atom stereocenters. The van der Waals surface area contributed by atoms with Crippen LogP contribution >= 0.6 is 23.2 Å². The van der Waals surface area contributed by atoms with Crippen molar-refractivity contribution < 1.29 is 14.4 Å². The van der Waals surface area contributed by atoms with Crippen molar-refractivity contribution in [1.82, 2.24) is 15.1 Å². The van der Waals surface area contributed by atoms with Gasteiger partial charge in [-0.3, -0.25) is 14.5 Å². The van der Waals surface area contributed by atoms with Crippen molar-refractivity contribution in [2.45, 2.75) is 12.5 Å². The number of carbonyl (C=O) groups excluding carboxylic acids is 3. The van der Waals surface area contributed by atoms with E-state index >= 15 is 0 Å². The molecule has 2 heterocycles. The average Bonchev–Trinajstić information content (AvgIpc) is 2.98. The molecule has 4 rings (SSSR count). The number of urea groups is 1. The third-order valence-electron chi connectivity index (χ3n) is 5.79. The Morgan fingerprint density at radius 1 is 1.03 bits per heavy atom. The Hall–Kier alpha value is -2.77. The number of benzene rings is 2. The lowest BCUT2D eigenvalue weighted by atomic mass is 9.92. The van der Waals surface area contributed by atoms with Gasteiger partial charge in [0.2, 0.25) is 5.91 Å². The van der Waals surface area contributed by atoms with Crippen molar-refractivity contribution >= 4 is 46.7 Å². The van der Waals surface area contributed by atoms with Crippen LogP contribution in [0.25, 0.3) is 0 Å².